The summed E-state index contributed by atoms with van der Waals surface area (Å²) in [4.78, 5) is 44.8. The zero-order valence-corrected chi connectivity index (χ0v) is 25.5. The van der Waals surface area contributed by atoms with Gasteiger partial charge in [-0.2, -0.15) is 0 Å². The fourth-order valence-corrected chi connectivity index (χ4v) is 7.25. The maximum Gasteiger partial charge on any atom is 0.420 e. The van der Waals surface area contributed by atoms with E-state index in [-0.39, 0.29) is 60.1 Å². The van der Waals surface area contributed by atoms with Gasteiger partial charge in [-0.3, -0.25) is 9.78 Å². The lowest BCUT2D eigenvalue weighted by Gasteiger charge is -2.48. The van der Waals surface area contributed by atoms with E-state index in [2.05, 4.69) is 11.1 Å². The Morgan fingerprint density at radius 1 is 1.12 bits per heavy atom. The topological polar surface area (TPSA) is 95.0 Å². The second kappa shape index (κ2) is 12.5. The fourth-order valence-electron chi connectivity index (χ4n) is 7.25. The van der Waals surface area contributed by atoms with Gasteiger partial charge in [0.25, 0.3) is 0 Å². The van der Waals surface area contributed by atoms with Gasteiger partial charge in [-0.05, 0) is 108 Å². The second-order valence-corrected chi connectivity index (χ2v) is 12.9. The van der Waals surface area contributed by atoms with E-state index in [1.807, 2.05) is 31.2 Å². The molecule has 2 aromatic rings. The number of ether oxygens (including phenoxy) is 3. The van der Waals surface area contributed by atoms with Gasteiger partial charge in [-0.25, -0.2) is 18.9 Å². The van der Waals surface area contributed by atoms with Crippen molar-refractivity contribution in [1.82, 2.24) is 9.88 Å². The van der Waals surface area contributed by atoms with Crippen molar-refractivity contribution < 1.29 is 33.0 Å². The number of amides is 2. The third-order valence-corrected chi connectivity index (χ3v) is 8.97. The maximum atomic E-state index is 13.7. The number of allylic oxidation sites excluding steroid dienone is 1. The number of benzene rings is 1. The number of halogens is 1. The molecule has 0 spiro atoms. The number of hydrogen-bond donors (Lipinski definition) is 0. The van der Waals surface area contributed by atoms with Crippen LogP contribution < -0.4 is 0 Å². The van der Waals surface area contributed by atoms with E-state index in [4.69, 9.17) is 14.2 Å². The molecule has 230 valence electrons. The molecule has 8 nitrogen and oxygen atoms in total. The smallest absolute Gasteiger partial charge is 0.420 e. The van der Waals surface area contributed by atoms with Gasteiger partial charge in [0, 0.05) is 23.7 Å². The predicted octanol–water partition coefficient (Wildman–Crippen LogP) is 7.28. The first-order chi connectivity index (χ1) is 20.4. The first kappa shape index (κ1) is 30.7. The molecule has 1 saturated heterocycles. The predicted molar refractivity (Wildman–Crippen MR) is 159 cm³/mol. The lowest BCUT2D eigenvalue weighted by atomic mass is 9.56. The number of pyridine rings is 1. The van der Waals surface area contributed by atoms with Crippen molar-refractivity contribution in [2.45, 2.75) is 78.0 Å². The molecule has 1 aromatic carbocycles. The molecule has 2 amide bonds. The van der Waals surface area contributed by atoms with E-state index in [0.717, 1.165) is 28.1 Å². The van der Waals surface area contributed by atoms with Gasteiger partial charge in [0.05, 0.1) is 18.2 Å². The number of imide groups is 1. The summed E-state index contributed by atoms with van der Waals surface area (Å²) in [6, 6.07) is 9.86. The second-order valence-electron chi connectivity index (χ2n) is 12.9. The molecule has 1 unspecified atom stereocenters. The molecule has 3 aliphatic rings. The number of aromatic nitrogens is 1. The summed E-state index contributed by atoms with van der Waals surface area (Å²) in [5, 5.41) is 0. The van der Waals surface area contributed by atoms with Gasteiger partial charge in [0.15, 0.2) is 0 Å². The minimum atomic E-state index is -0.764. The Balaban J connectivity index is 1.38. The van der Waals surface area contributed by atoms with Gasteiger partial charge >= 0.3 is 18.2 Å². The van der Waals surface area contributed by atoms with Crippen LogP contribution in [0.3, 0.4) is 0 Å². The van der Waals surface area contributed by atoms with Gasteiger partial charge in [0.2, 0.25) is 0 Å². The van der Waals surface area contributed by atoms with Crippen LogP contribution in [-0.4, -0.2) is 52.4 Å². The molecule has 43 heavy (non-hydrogen) atoms. The molecule has 2 saturated carbocycles. The fraction of sp³-hybridized carbons (Fsp3) is 0.529. The third-order valence-electron chi connectivity index (χ3n) is 8.97. The van der Waals surface area contributed by atoms with E-state index in [1.54, 1.807) is 40.0 Å². The van der Waals surface area contributed by atoms with Crippen LogP contribution in [0.25, 0.3) is 17.2 Å². The summed E-state index contributed by atoms with van der Waals surface area (Å²) >= 11 is 0. The Bertz CT molecular complexity index is 1370. The summed E-state index contributed by atoms with van der Waals surface area (Å²) in [6.45, 7) is 9.11. The molecule has 0 radical (unpaired) electrons. The number of esters is 1. The van der Waals surface area contributed by atoms with E-state index in [9.17, 15) is 18.8 Å². The first-order valence-electron chi connectivity index (χ1n) is 15.2. The highest BCUT2D eigenvalue weighted by atomic mass is 19.1. The van der Waals surface area contributed by atoms with E-state index >= 15 is 0 Å². The Morgan fingerprint density at radius 2 is 1.91 bits per heavy atom. The number of rotatable bonds is 5. The molecule has 2 aliphatic carbocycles. The normalized spacial score (nSPS) is 28.5. The van der Waals surface area contributed by atoms with E-state index in [0.29, 0.717) is 19.3 Å². The molecule has 9 heteroatoms. The zero-order valence-electron chi connectivity index (χ0n) is 25.5. The Morgan fingerprint density at radius 3 is 2.58 bits per heavy atom. The zero-order chi connectivity index (χ0) is 30.9. The summed E-state index contributed by atoms with van der Waals surface area (Å²) in [5.74, 6) is -0.255. The molecular weight excluding hydrogens is 551 g/mol. The first-order valence-corrected chi connectivity index (χ1v) is 15.2. The van der Waals surface area contributed by atoms with Gasteiger partial charge in [0.1, 0.15) is 17.5 Å². The average molecular weight is 593 g/mol. The lowest BCUT2D eigenvalue weighted by molar-refractivity contribution is -0.144. The lowest BCUT2D eigenvalue weighted by Crippen LogP contribution is -2.52. The summed E-state index contributed by atoms with van der Waals surface area (Å²) in [7, 11) is 0. The number of carbonyl (C=O) groups is 3. The summed E-state index contributed by atoms with van der Waals surface area (Å²) in [5.41, 5.74) is 1.59. The Hall–Kier alpha value is -3.75. The van der Waals surface area contributed by atoms with Crippen LogP contribution >= 0.6 is 0 Å². The molecule has 0 bridgehead atoms. The van der Waals surface area contributed by atoms with Crippen LogP contribution in [0.5, 0.6) is 0 Å². The minimum Gasteiger partial charge on any atom is -0.462 e. The largest absolute Gasteiger partial charge is 0.462 e. The molecule has 1 aliphatic heterocycles. The van der Waals surface area contributed by atoms with E-state index in [1.165, 1.54) is 12.1 Å². The van der Waals surface area contributed by atoms with Crippen LogP contribution in [0.2, 0.25) is 0 Å². The Kier molecular flexibility index (Phi) is 8.90. The van der Waals surface area contributed by atoms with Crippen molar-refractivity contribution in [1.29, 1.82) is 0 Å². The number of nitrogens with zero attached hydrogens (tertiary/aromatic N) is 2. The number of hydrogen-bond acceptors (Lipinski definition) is 7. The summed E-state index contributed by atoms with van der Waals surface area (Å²) in [6.07, 6.45) is 6.89. The number of carbonyl (C=O) groups excluding carboxylic acids is 3. The van der Waals surface area contributed by atoms with Gasteiger partial charge in [-0.1, -0.05) is 24.3 Å². The van der Waals surface area contributed by atoms with Crippen LogP contribution in [-0.2, 0) is 19.0 Å². The quantitative estimate of drug-likeness (QED) is 0.266. The Labute approximate surface area is 252 Å². The molecule has 2 heterocycles. The van der Waals surface area contributed by atoms with Crippen molar-refractivity contribution in [3.8, 4) is 11.1 Å². The highest BCUT2D eigenvalue weighted by molar-refractivity contribution is 5.88. The molecule has 5 rings (SSSR count). The molecule has 3 fully saturated rings. The van der Waals surface area contributed by atoms with Crippen molar-refractivity contribution >= 4 is 24.2 Å². The van der Waals surface area contributed by atoms with Crippen molar-refractivity contribution in [3.63, 3.8) is 0 Å². The number of fused-ring (bicyclic) bond motifs is 2. The molecule has 7 atom stereocenters. The standard InChI is InChI=1S/C34H41FN2O6/c1-6-41-32(39)37(33(40)43-34(3,4)5)26-13-15-27-23(17-26)18-29-30(20(2)42-31(29)38)28(27)14-12-25-11-10-22(19-36-25)21-8-7-9-24(35)16-21/h7-12,14,16,19-20,23,26-30H,6,13,15,17-18H2,1-5H3/t20-,23+,26?,27-,28+,29-,30+/m1/s1. The molecule has 0 N–H and O–H groups in total. The van der Waals surface area contributed by atoms with Gasteiger partial charge < -0.3 is 14.2 Å². The summed E-state index contributed by atoms with van der Waals surface area (Å²) < 4.78 is 30.3. The average Bonchev–Trinajstić information content (AvgIpc) is 3.23. The van der Waals surface area contributed by atoms with Crippen LogP contribution in [0.4, 0.5) is 14.0 Å². The van der Waals surface area contributed by atoms with Crippen LogP contribution in [0.1, 0.15) is 66.0 Å². The monoisotopic (exact) mass is 592 g/mol. The van der Waals surface area contributed by atoms with Crippen LogP contribution in [0, 0.1) is 35.4 Å². The number of cyclic esters (lactones) is 1. The maximum absolute atomic E-state index is 13.7. The van der Waals surface area contributed by atoms with E-state index < -0.39 is 17.8 Å². The van der Waals surface area contributed by atoms with Crippen molar-refractivity contribution in [3.05, 3.63) is 60.2 Å². The van der Waals surface area contributed by atoms with Gasteiger partial charge in [-0.15, -0.1) is 0 Å². The van der Waals surface area contributed by atoms with Crippen LogP contribution in [0.15, 0.2) is 48.7 Å². The molecule has 1 aromatic heterocycles. The van der Waals surface area contributed by atoms with Crippen molar-refractivity contribution in [2.75, 3.05) is 6.61 Å². The third kappa shape index (κ3) is 6.76. The SMILES string of the molecule is CCOC(=O)N(C(=O)OC(C)(C)C)C1CC[C@@H]2[C@@H](C1)C[C@H]1C(=O)O[C@H](C)[C@H]1[C@H]2C=Cc1ccc(-c2cccc(F)c2)cn1. The highest BCUT2D eigenvalue weighted by Gasteiger charge is 2.55. The highest BCUT2D eigenvalue weighted by Crippen LogP contribution is 2.54. The molecular formula is C34H41FN2O6. The van der Waals surface area contributed by atoms with Crippen molar-refractivity contribution in [2.24, 2.45) is 29.6 Å². The minimum absolute atomic E-state index is 0.0418.